The van der Waals surface area contributed by atoms with Crippen molar-refractivity contribution in [2.75, 3.05) is 34.2 Å². The summed E-state index contributed by atoms with van der Waals surface area (Å²) >= 11 is 0. The van der Waals surface area contributed by atoms with Crippen LogP contribution < -0.4 is 19.5 Å². The first-order valence-corrected chi connectivity index (χ1v) is 10.1. The van der Waals surface area contributed by atoms with E-state index in [9.17, 15) is 13.8 Å². The largest absolute Gasteiger partial charge is 0.496 e. The zero-order valence-corrected chi connectivity index (χ0v) is 17.5. The summed E-state index contributed by atoms with van der Waals surface area (Å²) in [6.07, 6.45) is 1.47. The molecule has 9 heteroatoms. The van der Waals surface area contributed by atoms with Crippen molar-refractivity contribution in [3.63, 3.8) is 0 Å². The van der Waals surface area contributed by atoms with Gasteiger partial charge in [-0.15, -0.1) is 0 Å². The van der Waals surface area contributed by atoms with Gasteiger partial charge in [-0.3, -0.25) is 9.00 Å². The number of rotatable bonds is 9. The third-order valence-corrected chi connectivity index (χ3v) is 4.99. The van der Waals surface area contributed by atoms with E-state index in [1.54, 1.807) is 30.3 Å². The van der Waals surface area contributed by atoms with E-state index in [4.69, 9.17) is 18.9 Å². The molecule has 8 nitrogen and oxygen atoms in total. The molecule has 1 amide bonds. The fraction of sp³-hybridized carbons (Fsp3) is 0.300. The van der Waals surface area contributed by atoms with Gasteiger partial charge < -0.3 is 24.3 Å². The van der Waals surface area contributed by atoms with Gasteiger partial charge in [0.2, 0.25) is 0 Å². The van der Waals surface area contributed by atoms with Gasteiger partial charge in [-0.1, -0.05) is 12.1 Å². The van der Waals surface area contributed by atoms with Gasteiger partial charge in [0.25, 0.3) is 5.91 Å². The van der Waals surface area contributed by atoms with Crippen molar-refractivity contribution >= 4 is 22.7 Å². The number of nitrogens with one attached hydrogen (secondary N) is 1. The molecule has 0 radical (unpaired) electrons. The van der Waals surface area contributed by atoms with Crippen molar-refractivity contribution in [3.05, 3.63) is 47.5 Å². The Hall–Kier alpha value is -3.07. The highest BCUT2D eigenvalue weighted by molar-refractivity contribution is 7.84. The lowest BCUT2D eigenvalue weighted by Crippen LogP contribution is -2.28. The highest BCUT2D eigenvalue weighted by atomic mass is 32.2. The van der Waals surface area contributed by atoms with Crippen molar-refractivity contribution in [2.45, 2.75) is 11.4 Å². The molecule has 0 aromatic heterocycles. The molecule has 0 saturated heterocycles. The Morgan fingerprint density at radius 3 is 2.21 bits per heavy atom. The van der Waals surface area contributed by atoms with Gasteiger partial charge in [0, 0.05) is 24.4 Å². The molecule has 2 aromatic rings. The first-order chi connectivity index (χ1) is 13.9. The number of hydrogen-bond acceptors (Lipinski definition) is 7. The van der Waals surface area contributed by atoms with Crippen LogP contribution in [0.2, 0.25) is 0 Å². The highest BCUT2D eigenvalue weighted by Gasteiger charge is 2.17. The number of carbonyl (C=O) groups excluding carboxylic acids is 2. The van der Waals surface area contributed by atoms with Crippen LogP contribution in [-0.4, -0.2) is 50.3 Å². The van der Waals surface area contributed by atoms with Gasteiger partial charge >= 0.3 is 5.97 Å². The molecular formula is C20H23NO7S. The van der Waals surface area contributed by atoms with E-state index >= 15 is 0 Å². The normalized spacial score (nSPS) is 11.3. The van der Waals surface area contributed by atoms with Gasteiger partial charge in [-0.05, 0) is 18.2 Å². The highest BCUT2D eigenvalue weighted by Crippen LogP contribution is 2.34. The monoisotopic (exact) mass is 421 g/mol. The molecule has 1 atom stereocenters. The summed E-state index contributed by atoms with van der Waals surface area (Å²) in [5, 5.41) is 2.65. The standard InChI is InChI=1S/C20H23NO7S/c1-25-15-10-17(27-3)16(26-2)9-13(15)11-21-19(22)12-28-20(23)14-7-5-6-8-18(14)29(4)24/h5-10H,11-12H2,1-4H3,(H,21,22)/t29-/m0/s1. The van der Waals surface area contributed by atoms with E-state index in [0.717, 1.165) is 0 Å². The molecule has 2 rings (SSSR count). The van der Waals surface area contributed by atoms with E-state index in [1.807, 2.05) is 0 Å². The molecule has 0 heterocycles. The summed E-state index contributed by atoms with van der Waals surface area (Å²) in [7, 11) is 3.17. The maximum atomic E-state index is 12.2. The van der Waals surface area contributed by atoms with Crippen LogP contribution >= 0.6 is 0 Å². The van der Waals surface area contributed by atoms with Crippen LogP contribution in [0.15, 0.2) is 41.3 Å². The van der Waals surface area contributed by atoms with E-state index in [0.29, 0.717) is 27.7 Å². The molecule has 2 aromatic carbocycles. The molecule has 0 fully saturated rings. The van der Waals surface area contributed by atoms with Crippen LogP contribution in [0.1, 0.15) is 15.9 Å². The topological polar surface area (TPSA) is 100 Å². The van der Waals surface area contributed by atoms with Gasteiger partial charge in [0.1, 0.15) is 5.75 Å². The molecule has 1 N–H and O–H groups in total. The average Bonchev–Trinajstić information content (AvgIpc) is 2.75. The number of esters is 1. The Balaban J connectivity index is 1.99. The Bertz CT molecular complexity index is 914. The first-order valence-electron chi connectivity index (χ1n) is 8.56. The number of benzene rings is 2. The second kappa shape index (κ2) is 10.5. The van der Waals surface area contributed by atoms with E-state index < -0.39 is 29.3 Å². The van der Waals surface area contributed by atoms with Crippen molar-refractivity contribution in [1.29, 1.82) is 0 Å². The van der Waals surface area contributed by atoms with Crippen LogP contribution in [0.25, 0.3) is 0 Å². The maximum absolute atomic E-state index is 12.2. The third kappa shape index (κ3) is 5.71. The van der Waals surface area contributed by atoms with Gasteiger partial charge in [-0.2, -0.15) is 0 Å². The summed E-state index contributed by atoms with van der Waals surface area (Å²) in [5.74, 6) is 0.299. The maximum Gasteiger partial charge on any atom is 0.339 e. The van der Waals surface area contributed by atoms with Crippen LogP contribution in [0.3, 0.4) is 0 Å². The molecular weight excluding hydrogens is 398 g/mol. The minimum atomic E-state index is -1.35. The number of methoxy groups -OCH3 is 3. The predicted molar refractivity (Wildman–Crippen MR) is 107 cm³/mol. The smallest absolute Gasteiger partial charge is 0.339 e. The van der Waals surface area contributed by atoms with Crippen LogP contribution in [-0.2, 0) is 26.9 Å². The minimum Gasteiger partial charge on any atom is -0.496 e. The Kier molecular flexibility index (Phi) is 8.02. The van der Waals surface area contributed by atoms with Gasteiger partial charge in [-0.25, -0.2) is 4.79 Å². The predicted octanol–water partition coefficient (Wildman–Crippen LogP) is 1.92. The molecule has 0 aliphatic carbocycles. The number of amides is 1. The fourth-order valence-electron chi connectivity index (χ4n) is 2.57. The quantitative estimate of drug-likeness (QED) is 0.618. The Morgan fingerprint density at radius 1 is 0.966 bits per heavy atom. The van der Waals surface area contributed by atoms with Gasteiger partial charge in [0.05, 0.1) is 42.6 Å². The molecule has 0 bridgehead atoms. The Morgan fingerprint density at radius 2 is 1.59 bits per heavy atom. The lowest BCUT2D eigenvalue weighted by atomic mass is 10.1. The van der Waals surface area contributed by atoms with Crippen molar-refractivity contribution < 1.29 is 32.7 Å². The summed E-state index contributed by atoms with van der Waals surface area (Å²) in [4.78, 5) is 24.7. The fourth-order valence-corrected chi connectivity index (χ4v) is 3.30. The van der Waals surface area contributed by atoms with Gasteiger partial charge in [0.15, 0.2) is 18.1 Å². The summed E-state index contributed by atoms with van der Waals surface area (Å²) < 4.78 is 32.6. The number of carbonyl (C=O) groups is 2. The van der Waals surface area contributed by atoms with E-state index in [1.165, 1.54) is 33.7 Å². The third-order valence-electron chi connectivity index (χ3n) is 4.01. The molecule has 0 saturated carbocycles. The van der Waals surface area contributed by atoms with Crippen LogP contribution in [0.4, 0.5) is 0 Å². The second-order valence-electron chi connectivity index (χ2n) is 5.82. The molecule has 0 unspecified atom stereocenters. The van der Waals surface area contributed by atoms with Crippen molar-refractivity contribution in [2.24, 2.45) is 0 Å². The zero-order valence-electron chi connectivity index (χ0n) is 16.6. The lowest BCUT2D eigenvalue weighted by molar-refractivity contribution is -0.124. The molecule has 0 spiro atoms. The number of ether oxygens (including phenoxy) is 4. The molecule has 29 heavy (non-hydrogen) atoms. The molecule has 0 aliphatic rings. The van der Waals surface area contributed by atoms with E-state index in [-0.39, 0.29) is 12.1 Å². The zero-order chi connectivity index (χ0) is 21.4. The SMILES string of the molecule is COc1cc(OC)c(OC)cc1CNC(=O)COC(=O)c1ccccc1[S@](C)=O. The number of hydrogen-bond donors (Lipinski definition) is 1. The second-order valence-corrected chi connectivity index (χ2v) is 7.17. The summed E-state index contributed by atoms with van der Waals surface area (Å²) in [5.41, 5.74) is 0.833. The average molecular weight is 421 g/mol. The van der Waals surface area contributed by atoms with Crippen molar-refractivity contribution in [3.8, 4) is 17.2 Å². The Labute approximate surface area is 171 Å². The lowest BCUT2D eigenvalue weighted by Gasteiger charge is -2.14. The summed E-state index contributed by atoms with van der Waals surface area (Å²) in [6, 6.07) is 9.74. The molecule has 156 valence electrons. The minimum absolute atomic E-state index is 0.134. The van der Waals surface area contributed by atoms with Crippen LogP contribution in [0, 0.1) is 0 Å². The van der Waals surface area contributed by atoms with E-state index in [2.05, 4.69) is 5.32 Å². The molecule has 0 aliphatic heterocycles. The van der Waals surface area contributed by atoms with Crippen molar-refractivity contribution in [1.82, 2.24) is 5.32 Å². The first kappa shape index (κ1) is 22.2. The summed E-state index contributed by atoms with van der Waals surface area (Å²) in [6.45, 7) is -0.339. The van der Waals surface area contributed by atoms with Crippen LogP contribution in [0.5, 0.6) is 17.2 Å².